The molecule has 1 heterocycles. The van der Waals surface area contributed by atoms with E-state index in [2.05, 4.69) is 9.97 Å². The number of aromatic nitrogens is 2. The SMILES string of the molecule is Br.Br.NC(=O)c1cnc[nH]1. The zero-order chi connectivity index (χ0) is 5.98. The number of halogens is 2. The number of primary amides is 1. The third-order valence-electron chi connectivity index (χ3n) is 0.764. The maximum Gasteiger partial charge on any atom is 0.266 e. The minimum atomic E-state index is -0.484. The highest BCUT2D eigenvalue weighted by molar-refractivity contribution is 8.93. The molecule has 6 heteroatoms. The predicted molar refractivity (Wildman–Crippen MR) is 47.7 cm³/mol. The molecule has 0 aromatic carbocycles. The second-order valence-electron chi connectivity index (χ2n) is 1.33. The molecule has 10 heavy (non-hydrogen) atoms. The van der Waals surface area contributed by atoms with E-state index in [0.29, 0.717) is 5.69 Å². The number of carbonyl (C=O) groups excluding carboxylic acids is 1. The number of amides is 1. The van der Waals surface area contributed by atoms with Crippen LogP contribution in [0, 0.1) is 0 Å². The molecule has 1 aromatic heterocycles. The highest BCUT2D eigenvalue weighted by Gasteiger charge is 1.96. The number of rotatable bonds is 1. The van der Waals surface area contributed by atoms with Gasteiger partial charge >= 0.3 is 0 Å². The Kier molecular flexibility index (Phi) is 6.69. The molecule has 58 valence electrons. The van der Waals surface area contributed by atoms with Gasteiger partial charge in [-0.1, -0.05) is 0 Å². The number of hydrogen-bond acceptors (Lipinski definition) is 2. The smallest absolute Gasteiger partial charge is 0.266 e. The van der Waals surface area contributed by atoms with Gasteiger partial charge in [-0.3, -0.25) is 4.79 Å². The van der Waals surface area contributed by atoms with Crippen LogP contribution in [-0.2, 0) is 0 Å². The zero-order valence-corrected chi connectivity index (χ0v) is 8.33. The summed E-state index contributed by atoms with van der Waals surface area (Å²) in [6, 6.07) is 0. The first-order valence-electron chi connectivity index (χ1n) is 2.09. The van der Waals surface area contributed by atoms with Gasteiger partial charge in [-0.25, -0.2) is 4.98 Å². The Bertz CT molecular complexity index is 186. The molecule has 0 atom stereocenters. The zero-order valence-electron chi connectivity index (χ0n) is 4.90. The number of nitrogens with two attached hydrogens (primary N) is 1. The third-order valence-corrected chi connectivity index (χ3v) is 0.764. The van der Waals surface area contributed by atoms with Crippen LogP contribution in [0.15, 0.2) is 12.5 Å². The van der Waals surface area contributed by atoms with Crippen LogP contribution in [0.5, 0.6) is 0 Å². The van der Waals surface area contributed by atoms with Gasteiger partial charge in [-0.15, -0.1) is 34.0 Å². The van der Waals surface area contributed by atoms with Crippen LogP contribution < -0.4 is 5.73 Å². The van der Waals surface area contributed by atoms with E-state index < -0.39 is 5.91 Å². The number of imidazole rings is 1. The Balaban J connectivity index is 0. The molecule has 0 radical (unpaired) electrons. The topological polar surface area (TPSA) is 71.8 Å². The highest BCUT2D eigenvalue weighted by atomic mass is 79.9. The van der Waals surface area contributed by atoms with Crippen molar-refractivity contribution in [3.05, 3.63) is 18.2 Å². The second kappa shape index (κ2) is 5.43. The van der Waals surface area contributed by atoms with Crippen LogP contribution in [0.1, 0.15) is 10.5 Å². The summed E-state index contributed by atoms with van der Waals surface area (Å²) in [6.45, 7) is 0. The largest absolute Gasteiger partial charge is 0.364 e. The van der Waals surface area contributed by atoms with Crippen LogP contribution in [0.25, 0.3) is 0 Å². The molecule has 0 aliphatic carbocycles. The molecule has 1 rings (SSSR count). The predicted octanol–water partition coefficient (Wildman–Crippen LogP) is 0.664. The fourth-order valence-electron chi connectivity index (χ4n) is 0.391. The van der Waals surface area contributed by atoms with E-state index in [9.17, 15) is 4.79 Å². The van der Waals surface area contributed by atoms with E-state index in [1.54, 1.807) is 0 Å². The lowest BCUT2D eigenvalue weighted by atomic mass is 10.5. The van der Waals surface area contributed by atoms with Crippen molar-refractivity contribution < 1.29 is 4.79 Å². The molecule has 3 N–H and O–H groups in total. The van der Waals surface area contributed by atoms with Gasteiger partial charge in [0.25, 0.3) is 5.91 Å². The quantitative estimate of drug-likeness (QED) is 0.789. The van der Waals surface area contributed by atoms with Gasteiger partial charge in [0, 0.05) is 0 Å². The maximum absolute atomic E-state index is 10.2. The summed E-state index contributed by atoms with van der Waals surface area (Å²) in [6.07, 6.45) is 2.78. The summed E-state index contributed by atoms with van der Waals surface area (Å²) in [5.74, 6) is -0.484. The van der Waals surface area contributed by atoms with Crippen molar-refractivity contribution in [3.8, 4) is 0 Å². The first-order valence-corrected chi connectivity index (χ1v) is 2.09. The maximum atomic E-state index is 10.2. The second-order valence-corrected chi connectivity index (χ2v) is 1.33. The number of nitrogens with zero attached hydrogens (tertiary/aromatic N) is 1. The molecule has 0 fully saturated rings. The molecule has 0 aliphatic rings. The molecular formula is C4H7Br2N3O. The summed E-state index contributed by atoms with van der Waals surface area (Å²) >= 11 is 0. The fraction of sp³-hybridized carbons (Fsp3) is 0. The lowest BCUT2D eigenvalue weighted by Gasteiger charge is -1.80. The molecule has 0 spiro atoms. The number of H-pyrrole nitrogens is 1. The molecule has 0 unspecified atom stereocenters. The molecule has 0 saturated carbocycles. The van der Waals surface area contributed by atoms with Crippen molar-refractivity contribution in [2.45, 2.75) is 0 Å². The number of carbonyl (C=O) groups is 1. The van der Waals surface area contributed by atoms with Gasteiger partial charge in [-0.2, -0.15) is 0 Å². The van der Waals surface area contributed by atoms with E-state index in [1.165, 1.54) is 12.5 Å². The molecule has 0 aliphatic heterocycles. The van der Waals surface area contributed by atoms with Crippen molar-refractivity contribution in [1.29, 1.82) is 0 Å². The summed E-state index contributed by atoms with van der Waals surface area (Å²) in [4.78, 5) is 16.4. The molecular weight excluding hydrogens is 266 g/mol. The lowest BCUT2D eigenvalue weighted by molar-refractivity contribution is 0.0996. The summed E-state index contributed by atoms with van der Waals surface area (Å²) in [7, 11) is 0. The summed E-state index contributed by atoms with van der Waals surface area (Å²) in [5, 5.41) is 0. The Morgan fingerprint density at radius 3 is 2.40 bits per heavy atom. The van der Waals surface area contributed by atoms with Crippen molar-refractivity contribution >= 4 is 39.9 Å². The van der Waals surface area contributed by atoms with E-state index in [-0.39, 0.29) is 34.0 Å². The van der Waals surface area contributed by atoms with Gasteiger partial charge in [0.05, 0.1) is 12.5 Å². The fourth-order valence-corrected chi connectivity index (χ4v) is 0.391. The van der Waals surface area contributed by atoms with Gasteiger partial charge in [0.1, 0.15) is 5.69 Å². The Morgan fingerprint density at radius 2 is 2.20 bits per heavy atom. The lowest BCUT2D eigenvalue weighted by Crippen LogP contribution is -2.10. The van der Waals surface area contributed by atoms with Crippen LogP contribution in [0.4, 0.5) is 0 Å². The monoisotopic (exact) mass is 271 g/mol. The minimum Gasteiger partial charge on any atom is -0.364 e. The van der Waals surface area contributed by atoms with E-state index in [1.807, 2.05) is 0 Å². The molecule has 1 aromatic rings. The average Bonchev–Trinajstić information content (AvgIpc) is 2.12. The molecule has 1 amide bonds. The summed E-state index contributed by atoms with van der Waals surface area (Å²) < 4.78 is 0. The van der Waals surface area contributed by atoms with Gasteiger partial charge in [0.2, 0.25) is 0 Å². The van der Waals surface area contributed by atoms with Crippen molar-refractivity contribution in [2.75, 3.05) is 0 Å². The molecule has 0 saturated heterocycles. The molecule has 0 bridgehead atoms. The standard InChI is InChI=1S/C4H5N3O.2BrH/c5-4(8)3-1-6-2-7-3;;/h1-2H,(H2,5,8)(H,6,7);2*1H. The van der Waals surface area contributed by atoms with Crippen LogP contribution in [-0.4, -0.2) is 15.9 Å². The number of hydrogen-bond donors (Lipinski definition) is 2. The Morgan fingerprint density at radius 1 is 1.60 bits per heavy atom. The van der Waals surface area contributed by atoms with E-state index in [0.717, 1.165) is 0 Å². The van der Waals surface area contributed by atoms with Crippen molar-refractivity contribution in [2.24, 2.45) is 5.73 Å². The third kappa shape index (κ3) is 2.98. The average molecular weight is 273 g/mol. The van der Waals surface area contributed by atoms with Crippen LogP contribution in [0.3, 0.4) is 0 Å². The normalized spacial score (nSPS) is 7.20. The van der Waals surface area contributed by atoms with E-state index >= 15 is 0 Å². The first-order chi connectivity index (χ1) is 3.80. The number of nitrogens with one attached hydrogen (secondary N) is 1. The number of aromatic amines is 1. The van der Waals surface area contributed by atoms with Gasteiger partial charge in [0.15, 0.2) is 0 Å². The minimum absolute atomic E-state index is 0. The Labute approximate surface area is 78.8 Å². The Hall–Kier alpha value is -0.360. The van der Waals surface area contributed by atoms with Gasteiger partial charge in [-0.05, 0) is 0 Å². The summed E-state index contributed by atoms with van der Waals surface area (Å²) in [5.41, 5.74) is 5.19. The van der Waals surface area contributed by atoms with Crippen molar-refractivity contribution in [1.82, 2.24) is 9.97 Å². The molecule has 4 nitrogen and oxygen atoms in total. The van der Waals surface area contributed by atoms with Gasteiger partial charge < -0.3 is 10.7 Å². The van der Waals surface area contributed by atoms with Crippen LogP contribution in [0.2, 0.25) is 0 Å². The highest BCUT2D eigenvalue weighted by Crippen LogP contribution is 1.85. The first kappa shape index (κ1) is 12.3. The van der Waals surface area contributed by atoms with E-state index in [4.69, 9.17) is 5.73 Å². The van der Waals surface area contributed by atoms with Crippen LogP contribution >= 0.6 is 34.0 Å². The van der Waals surface area contributed by atoms with Crippen molar-refractivity contribution in [3.63, 3.8) is 0 Å².